The van der Waals surface area contributed by atoms with Crippen LogP contribution in [-0.2, 0) is 0 Å². The van der Waals surface area contributed by atoms with E-state index in [9.17, 15) is 4.79 Å². The molecule has 2 unspecified atom stereocenters. The Hall–Kier alpha value is -0.810. The van der Waals surface area contributed by atoms with Crippen LogP contribution in [-0.4, -0.2) is 29.9 Å². The monoisotopic (exact) mass is 286 g/mol. The van der Waals surface area contributed by atoms with Crippen molar-refractivity contribution in [3.05, 3.63) is 22.6 Å². The molecule has 1 aromatic rings. The number of rotatable bonds is 1. The fourth-order valence-corrected chi connectivity index (χ4v) is 2.59. The molecule has 1 amide bonds. The molecule has 0 saturated carbocycles. The number of nitrogens with zero attached hydrogens (tertiary/aromatic N) is 1. The first kappa shape index (κ1) is 11.7. The normalized spacial score (nSPS) is 25.8. The lowest BCUT2D eigenvalue weighted by Gasteiger charge is -2.34. The van der Waals surface area contributed by atoms with Crippen molar-refractivity contribution in [3.8, 4) is 0 Å². The molecule has 0 radical (unpaired) electrons. The van der Waals surface area contributed by atoms with Crippen molar-refractivity contribution in [3.63, 3.8) is 0 Å². The summed E-state index contributed by atoms with van der Waals surface area (Å²) in [7, 11) is 0. The van der Waals surface area contributed by atoms with Gasteiger partial charge in [0.1, 0.15) is 0 Å². The van der Waals surface area contributed by atoms with Gasteiger partial charge in [-0.2, -0.15) is 0 Å². The molecule has 1 aliphatic heterocycles. The maximum Gasteiger partial charge on any atom is 0.258 e. The summed E-state index contributed by atoms with van der Waals surface area (Å²) in [4.78, 5) is 14.0. The summed E-state index contributed by atoms with van der Waals surface area (Å²) in [6.07, 6.45) is 2.49. The van der Waals surface area contributed by atoms with Gasteiger partial charge in [-0.05, 0) is 34.3 Å². The second-order valence-corrected chi connectivity index (χ2v) is 5.14. The van der Waals surface area contributed by atoms with Gasteiger partial charge in [0.2, 0.25) is 0 Å². The molecule has 1 aliphatic rings. The topological polar surface area (TPSA) is 59.5 Å². The van der Waals surface area contributed by atoms with Gasteiger partial charge in [0.25, 0.3) is 5.91 Å². The van der Waals surface area contributed by atoms with E-state index in [4.69, 9.17) is 10.2 Å². The molecule has 16 heavy (non-hydrogen) atoms. The molecule has 0 spiro atoms. The highest BCUT2D eigenvalue weighted by Gasteiger charge is 2.28. The Morgan fingerprint density at radius 3 is 2.94 bits per heavy atom. The molecular formula is C11H15BrN2O2. The SMILES string of the molecule is CC1CC(N)CN(C(=O)c2ccoc2Br)C1. The zero-order valence-corrected chi connectivity index (χ0v) is 10.7. The van der Waals surface area contributed by atoms with Crippen molar-refractivity contribution in [2.45, 2.75) is 19.4 Å². The standard InChI is InChI=1S/C11H15BrN2O2/c1-7-4-8(13)6-14(5-7)11(15)9-2-3-16-10(9)12/h2-3,7-8H,4-6,13H2,1H3. The molecule has 0 bridgehead atoms. The van der Waals surface area contributed by atoms with Crippen LogP contribution in [0.2, 0.25) is 0 Å². The molecular weight excluding hydrogens is 272 g/mol. The van der Waals surface area contributed by atoms with Gasteiger partial charge in [-0.25, -0.2) is 0 Å². The van der Waals surface area contributed by atoms with Gasteiger partial charge in [-0.15, -0.1) is 0 Å². The third kappa shape index (κ3) is 2.30. The summed E-state index contributed by atoms with van der Waals surface area (Å²) in [5.74, 6) is 0.445. The van der Waals surface area contributed by atoms with Crippen molar-refractivity contribution in [1.29, 1.82) is 0 Å². The number of amides is 1. The number of hydrogen-bond donors (Lipinski definition) is 1. The molecule has 0 aliphatic carbocycles. The molecule has 2 rings (SSSR count). The highest BCUT2D eigenvalue weighted by Crippen LogP contribution is 2.22. The molecule has 1 aromatic heterocycles. The Kier molecular flexibility index (Phi) is 3.35. The summed E-state index contributed by atoms with van der Waals surface area (Å²) in [5, 5.41) is 0. The molecule has 4 nitrogen and oxygen atoms in total. The molecule has 2 heterocycles. The van der Waals surface area contributed by atoms with E-state index in [0.717, 1.165) is 13.0 Å². The van der Waals surface area contributed by atoms with Crippen molar-refractivity contribution in [2.24, 2.45) is 11.7 Å². The second-order valence-electron chi connectivity index (χ2n) is 4.42. The van der Waals surface area contributed by atoms with E-state index in [1.165, 1.54) is 6.26 Å². The predicted molar refractivity (Wildman–Crippen MR) is 64.1 cm³/mol. The van der Waals surface area contributed by atoms with Gasteiger partial charge >= 0.3 is 0 Å². The maximum atomic E-state index is 12.2. The molecule has 2 atom stereocenters. The molecule has 88 valence electrons. The first-order valence-corrected chi connectivity index (χ1v) is 6.15. The second kappa shape index (κ2) is 4.59. The number of piperidine rings is 1. The Balaban J connectivity index is 2.13. The summed E-state index contributed by atoms with van der Waals surface area (Å²) >= 11 is 3.22. The van der Waals surface area contributed by atoms with Crippen LogP contribution in [0.5, 0.6) is 0 Å². The Labute approximate surface area is 103 Å². The van der Waals surface area contributed by atoms with Gasteiger partial charge in [0.05, 0.1) is 11.8 Å². The van der Waals surface area contributed by atoms with Crippen LogP contribution in [0.1, 0.15) is 23.7 Å². The van der Waals surface area contributed by atoms with E-state index in [-0.39, 0.29) is 11.9 Å². The molecule has 1 fully saturated rings. The van der Waals surface area contributed by atoms with Crippen LogP contribution in [0.3, 0.4) is 0 Å². The third-order valence-corrected chi connectivity index (χ3v) is 3.44. The Bertz CT molecular complexity index is 381. The van der Waals surface area contributed by atoms with Gasteiger partial charge in [-0.1, -0.05) is 6.92 Å². The van der Waals surface area contributed by atoms with Crippen molar-refractivity contribution < 1.29 is 9.21 Å². The van der Waals surface area contributed by atoms with Gasteiger partial charge in [0, 0.05) is 19.1 Å². The third-order valence-electron chi connectivity index (χ3n) is 2.83. The predicted octanol–water partition coefficient (Wildman–Crippen LogP) is 1.85. The summed E-state index contributed by atoms with van der Waals surface area (Å²) < 4.78 is 5.56. The van der Waals surface area contributed by atoms with E-state index < -0.39 is 0 Å². The van der Waals surface area contributed by atoms with Crippen LogP contribution in [0.4, 0.5) is 0 Å². The zero-order valence-electron chi connectivity index (χ0n) is 9.15. The number of carbonyl (C=O) groups is 1. The first-order chi connectivity index (χ1) is 7.58. The summed E-state index contributed by atoms with van der Waals surface area (Å²) in [5.41, 5.74) is 6.49. The number of likely N-dealkylation sites (tertiary alicyclic amines) is 1. The number of furan rings is 1. The van der Waals surface area contributed by atoms with E-state index in [0.29, 0.717) is 22.7 Å². The average Bonchev–Trinajstić information content (AvgIpc) is 2.62. The Morgan fingerprint density at radius 1 is 1.62 bits per heavy atom. The molecule has 2 N–H and O–H groups in total. The smallest absolute Gasteiger partial charge is 0.258 e. The lowest BCUT2D eigenvalue weighted by atomic mass is 9.96. The average molecular weight is 287 g/mol. The number of carbonyl (C=O) groups excluding carboxylic acids is 1. The fourth-order valence-electron chi connectivity index (χ4n) is 2.18. The van der Waals surface area contributed by atoms with Crippen molar-refractivity contribution in [2.75, 3.05) is 13.1 Å². The summed E-state index contributed by atoms with van der Waals surface area (Å²) in [6, 6.07) is 1.76. The minimum atomic E-state index is -0.0115. The minimum Gasteiger partial charge on any atom is -0.457 e. The van der Waals surface area contributed by atoms with E-state index in [2.05, 4.69) is 22.9 Å². The Morgan fingerprint density at radius 2 is 2.38 bits per heavy atom. The van der Waals surface area contributed by atoms with E-state index in [1.807, 2.05) is 0 Å². The number of nitrogens with two attached hydrogens (primary N) is 1. The first-order valence-electron chi connectivity index (χ1n) is 5.35. The van der Waals surface area contributed by atoms with Crippen molar-refractivity contribution in [1.82, 2.24) is 4.90 Å². The molecule has 0 aromatic carbocycles. The van der Waals surface area contributed by atoms with Crippen LogP contribution in [0.25, 0.3) is 0 Å². The quantitative estimate of drug-likeness (QED) is 0.857. The fraction of sp³-hybridized carbons (Fsp3) is 0.545. The summed E-state index contributed by atoms with van der Waals surface area (Å²) in [6.45, 7) is 3.51. The van der Waals surface area contributed by atoms with Crippen LogP contribution in [0.15, 0.2) is 21.4 Å². The van der Waals surface area contributed by atoms with Gasteiger partial charge in [-0.3, -0.25) is 4.79 Å². The lowest BCUT2D eigenvalue weighted by molar-refractivity contribution is 0.0659. The molecule has 1 saturated heterocycles. The van der Waals surface area contributed by atoms with Crippen molar-refractivity contribution >= 4 is 21.8 Å². The van der Waals surface area contributed by atoms with Gasteiger partial charge in [0.15, 0.2) is 4.67 Å². The maximum absolute atomic E-state index is 12.2. The highest BCUT2D eigenvalue weighted by atomic mass is 79.9. The highest BCUT2D eigenvalue weighted by molar-refractivity contribution is 9.10. The lowest BCUT2D eigenvalue weighted by Crippen LogP contribution is -2.48. The minimum absolute atomic E-state index is 0.0115. The molecule has 5 heteroatoms. The largest absolute Gasteiger partial charge is 0.457 e. The van der Waals surface area contributed by atoms with Gasteiger partial charge < -0.3 is 15.1 Å². The van der Waals surface area contributed by atoms with E-state index in [1.54, 1.807) is 11.0 Å². The van der Waals surface area contributed by atoms with Crippen LogP contribution < -0.4 is 5.73 Å². The number of hydrogen-bond acceptors (Lipinski definition) is 3. The van der Waals surface area contributed by atoms with Crippen LogP contribution >= 0.6 is 15.9 Å². The van der Waals surface area contributed by atoms with Crippen LogP contribution in [0, 0.1) is 5.92 Å². The zero-order chi connectivity index (χ0) is 11.7. The number of halogens is 1. The van der Waals surface area contributed by atoms with E-state index >= 15 is 0 Å².